The molecule has 1 aliphatic heterocycles. The molecule has 0 atom stereocenters. The van der Waals surface area contributed by atoms with E-state index in [0.29, 0.717) is 13.1 Å². The maximum atomic E-state index is 12.4. The molecule has 0 N–H and O–H groups in total. The number of anilines is 1. The molecule has 1 amide bonds. The van der Waals surface area contributed by atoms with E-state index in [1.807, 2.05) is 59.5 Å². The average Bonchev–Trinajstić information content (AvgIpc) is 2.72. The summed E-state index contributed by atoms with van der Waals surface area (Å²) in [6.07, 6.45) is 3.43. The maximum absolute atomic E-state index is 12.4. The minimum atomic E-state index is 0.0180. The van der Waals surface area contributed by atoms with Crippen molar-refractivity contribution in [1.82, 2.24) is 4.90 Å². The Balaban J connectivity index is 1.55. The average molecular weight is 364 g/mol. The van der Waals surface area contributed by atoms with E-state index in [1.54, 1.807) is 20.1 Å². The normalized spacial score (nSPS) is 14.4. The number of piperazine rings is 1. The lowest BCUT2D eigenvalue weighted by Gasteiger charge is -2.35. The Morgan fingerprint density at radius 1 is 1.00 bits per heavy atom. The molecular weight excluding hydrogens is 340 g/mol. The van der Waals surface area contributed by atoms with Crippen LogP contribution in [0.4, 0.5) is 5.69 Å². The van der Waals surface area contributed by atoms with Gasteiger partial charge in [-0.25, -0.2) is 0 Å². The van der Waals surface area contributed by atoms with Crippen LogP contribution in [0.1, 0.15) is 22.8 Å². The van der Waals surface area contributed by atoms with Gasteiger partial charge in [-0.1, -0.05) is 12.1 Å². The Morgan fingerprint density at radius 2 is 1.70 bits per heavy atom. The van der Waals surface area contributed by atoms with Crippen LogP contribution in [0.5, 0.6) is 5.75 Å². The van der Waals surface area contributed by atoms with Gasteiger partial charge in [-0.2, -0.15) is 0 Å². The first-order valence-corrected chi connectivity index (χ1v) is 9.04. The number of carbonyl (C=O) groups is 2. The molecule has 0 radical (unpaired) electrons. The Kier molecular flexibility index (Phi) is 5.91. The van der Waals surface area contributed by atoms with E-state index in [9.17, 15) is 9.59 Å². The molecular formula is C22H24N2O3. The monoisotopic (exact) mass is 364 g/mol. The molecule has 5 nitrogen and oxygen atoms in total. The molecule has 140 valence electrons. The van der Waals surface area contributed by atoms with Gasteiger partial charge in [0.25, 0.3) is 0 Å². The number of rotatable bonds is 5. The molecule has 1 heterocycles. The first-order valence-electron chi connectivity index (χ1n) is 9.04. The quantitative estimate of drug-likeness (QED) is 0.604. The highest BCUT2D eigenvalue weighted by molar-refractivity contribution is 5.94. The summed E-state index contributed by atoms with van der Waals surface area (Å²) < 4.78 is 5.20. The number of ketones is 1. The number of amides is 1. The minimum absolute atomic E-state index is 0.0180. The van der Waals surface area contributed by atoms with Crippen LogP contribution in [-0.2, 0) is 4.79 Å². The molecule has 0 aromatic heterocycles. The lowest BCUT2D eigenvalue weighted by molar-refractivity contribution is -0.126. The highest BCUT2D eigenvalue weighted by Crippen LogP contribution is 2.18. The van der Waals surface area contributed by atoms with Gasteiger partial charge >= 0.3 is 0 Å². The second kappa shape index (κ2) is 8.54. The van der Waals surface area contributed by atoms with Crippen molar-refractivity contribution in [1.29, 1.82) is 0 Å². The lowest BCUT2D eigenvalue weighted by Crippen LogP contribution is -2.48. The maximum Gasteiger partial charge on any atom is 0.246 e. The van der Waals surface area contributed by atoms with Gasteiger partial charge in [0.2, 0.25) is 5.91 Å². The van der Waals surface area contributed by atoms with Crippen LogP contribution < -0.4 is 9.64 Å². The molecule has 0 aliphatic carbocycles. The molecule has 0 unspecified atom stereocenters. The van der Waals surface area contributed by atoms with Gasteiger partial charge in [0, 0.05) is 43.5 Å². The summed E-state index contributed by atoms with van der Waals surface area (Å²) in [5.74, 6) is 0.859. The summed E-state index contributed by atoms with van der Waals surface area (Å²) in [5, 5.41) is 0. The SMILES string of the molecule is COc1cccc(/C=C/C(=O)N2CCN(c3ccc(C(C)=O)cc3)CC2)c1. The van der Waals surface area contributed by atoms with Crippen LogP contribution >= 0.6 is 0 Å². The summed E-state index contributed by atoms with van der Waals surface area (Å²) in [6, 6.07) is 15.3. The lowest BCUT2D eigenvalue weighted by atomic mass is 10.1. The molecule has 1 saturated heterocycles. The van der Waals surface area contributed by atoms with Crippen molar-refractivity contribution in [2.45, 2.75) is 6.92 Å². The van der Waals surface area contributed by atoms with Crippen molar-refractivity contribution in [2.75, 3.05) is 38.2 Å². The summed E-state index contributed by atoms with van der Waals surface area (Å²) in [5.41, 5.74) is 2.74. The fourth-order valence-electron chi connectivity index (χ4n) is 3.11. The molecule has 27 heavy (non-hydrogen) atoms. The van der Waals surface area contributed by atoms with E-state index in [4.69, 9.17) is 4.74 Å². The molecule has 1 aliphatic rings. The second-order valence-electron chi connectivity index (χ2n) is 6.53. The Bertz CT molecular complexity index is 835. The highest BCUT2D eigenvalue weighted by atomic mass is 16.5. The predicted molar refractivity (Wildman–Crippen MR) is 107 cm³/mol. The second-order valence-corrected chi connectivity index (χ2v) is 6.53. The highest BCUT2D eigenvalue weighted by Gasteiger charge is 2.19. The van der Waals surface area contributed by atoms with E-state index in [1.165, 1.54) is 0 Å². The van der Waals surface area contributed by atoms with Gasteiger partial charge in [-0.05, 0) is 55.0 Å². The number of benzene rings is 2. The van der Waals surface area contributed by atoms with Crippen LogP contribution in [-0.4, -0.2) is 49.9 Å². The third-order valence-electron chi connectivity index (χ3n) is 4.74. The van der Waals surface area contributed by atoms with E-state index in [2.05, 4.69) is 4.90 Å². The summed E-state index contributed by atoms with van der Waals surface area (Å²) >= 11 is 0. The molecule has 2 aromatic carbocycles. The predicted octanol–water partition coefficient (Wildman–Crippen LogP) is 3.26. The third kappa shape index (κ3) is 4.76. The number of Topliss-reactive ketones (excluding diaryl/α,β-unsaturated/α-hetero) is 1. The van der Waals surface area contributed by atoms with Gasteiger partial charge in [0.05, 0.1) is 7.11 Å². The number of hydrogen-bond acceptors (Lipinski definition) is 4. The fourth-order valence-corrected chi connectivity index (χ4v) is 3.11. The van der Waals surface area contributed by atoms with Gasteiger partial charge < -0.3 is 14.5 Å². The molecule has 1 fully saturated rings. The Morgan fingerprint density at radius 3 is 2.33 bits per heavy atom. The van der Waals surface area contributed by atoms with E-state index < -0.39 is 0 Å². The number of hydrogen-bond donors (Lipinski definition) is 0. The topological polar surface area (TPSA) is 49.9 Å². The van der Waals surface area contributed by atoms with Crippen LogP contribution in [0.2, 0.25) is 0 Å². The molecule has 0 bridgehead atoms. The smallest absolute Gasteiger partial charge is 0.246 e. The standard InChI is InChI=1S/C22H24N2O3/c1-17(25)19-7-9-20(10-8-19)23-12-14-24(15-13-23)22(26)11-6-18-4-3-5-21(16-18)27-2/h3-11,16H,12-15H2,1-2H3/b11-6+. The van der Waals surface area contributed by atoms with Gasteiger partial charge in [0.15, 0.2) is 5.78 Å². The van der Waals surface area contributed by atoms with Gasteiger partial charge in [0.1, 0.15) is 5.75 Å². The molecule has 0 spiro atoms. The number of carbonyl (C=O) groups excluding carboxylic acids is 2. The number of ether oxygens (including phenoxy) is 1. The first-order chi connectivity index (χ1) is 13.1. The zero-order chi connectivity index (χ0) is 19.2. The minimum Gasteiger partial charge on any atom is -0.497 e. The van der Waals surface area contributed by atoms with Crippen molar-refractivity contribution in [3.8, 4) is 5.75 Å². The number of nitrogens with zero attached hydrogens (tertiary/aromatic N) is 2. The largest absolute Gasteiger partial charge is 0.497 e. The zero-order valence-corrected chi connectivity index (χ0v) is 15.7. The summed E-state index contributed by atoms with van der Waals surface area (Å²) in [6.45, 7) is 4.47. The van der Waals surface area contributed by atoms with Gasteiger partial charge in [-0.3, -0.25) is 9.59 Å². The van der Waals surface area contributed by atoms with Crippen LogP contribution in [0.25, 0.3) is 6.08 Å². The Hall–Kier alpha value is -3.08. The van der Waals surface area contributed by atoms with Crippen LogP contribution in [0, 0.1) is 0 Å². The van der Waals surface area contributed by atoms with Crippen molar-refractivity contribution >= 4 is 23.5 Å². The van der Waals surface area contributed by atoms with Crippen molar-refractivity contribution in [3.05, 3.63) is 65.7 Å². The zero-order valence-electron chi connectivity index (χ0n) is 15.7. The van der Waals surface area contributed by atoms with E-state index in [-0.39, 0.29) is 11.7 Å². The molecule has 0 saturated carbocycles. The third-order valence-corrected chi connectivity index (χ3v) is 4.74. The fraction of sp³-hybridized carbons (Fsp3) is 0.273. The van der Waals surface area contributed by atoms with Crippen LogP contribution in [0.3, 0.4) is 0 Å². The van der Waals surface area contributed by atoms with Crippen molar-refractivity contribution in [3.63, 3.8) is 0 Å². The first kappa shape index (κ1) is 18.7. The number of methoxy groups -OCH3 is 1. The Labute approximate surface area is 159 Å². The van der Waals surface area contributed by atoms with Crippen LogP contribution in [0.15, 0.2) is 54.6 Å². The molecule has 2 aromatic rings. The van der Waals surface area contributed by atoms with Gasteiger partial charge in [-0.15, -0.1) is 0 Å². The van der Waals surface area contributed by atoms with E-state index >= 15 is 0 Å². The molecule has 5 heteroatoms. The molecule has 3 rings (SSSR count). The summed E-state index contributed by atoms with van der Waals surface area (Å²) in [7, 11) is 1.63. The van der Waals surface area contributed by atoms with Crippen molar-refractivity contribution in [2.24, 2.45) is 0 Å². The van der Waals surface area contributed by atoms with E-state index in [0.717, 1.165) is 35.7 Å². The van der Waals surface area contributed by atoms with Crippen molar-refractivity contribution < 1.29 is 14.3 Å². The summed E-state index contributed by atoms with van der Waals surface area (Å²) in [4.78, 5) is 27.9.